The molecule has 0 aromatic carbocycles. The average molecular weight is 356 g/mol. The van der Waals surface area contributed by atoms with Gasteiger partial charge in [-0.15, -0.1) is 0 Å². The molecule has 0 aliphatic carbocycles. The van der Waals surface area contributed by atoms with Crippen LogP contribution in [0.15, 0.2) is 17.6 Å². The number of aromatic nitrogens is 3. The molecule has 26 heavy (non-hydrogen) atoms. The smallest absolute Gasteiger partial charge is 0.148 e. The van der Waals surface area contributed by atoms with Crippen molar-refractivity contribution in [3.8, 4) is 11.8 Å². The van der Waals surface area contributed by atoms with E-state index in [1.54, 1.807) is 0 Å². The van der Waals surface area contributed by atoms with Crippen LogP contribution >= 0.6 is 0 Å². The topological polar surface area (TPSA) is 150 Å². The van der Waals surface area contributed by atoms with E-state index in [4.69, 9.17) is 26.5 Å². The first-order valence-corrected chi connectivity index (χ1v) is 8.27. The lowest BCUT2D eigenvalue weighted by molar-refractivity contribution is -0.0370. The molecule has 0 spiro atoms. The molecular formula is C16H20N8O2. The Balaban J connectivity index is 1.95. The van der Waals surface area contributed by atoms with Crippen molar-refractivity contribution in [2.75, 3.05) is 19.0 Å². The normalized spacial score (nSPS) is 22.0. The van der Waals surface area contributed by atoms with Crippen molar-refractivity contribution in [1.29, 1.82) is 0 Å². The molecule has 4 N–H and O–H groups in total. The maximum absolute atomic E-state index is 8.41. The third-order valence-corrected chi connectivity index (χ3v) is 4.27. The van der Waals surface area contributed by atoms with E-state index in [0.717, 1.165) is 6.42 Å². The molecule has 1 aliphatic rings. The van der Waals surface area contributed by atoms with Gasteiger partial charge in [-0.2, -0.15) is 0 Å². The first-order chi connectivity index (χ1) is 12.7. The van der Waals surface area contributed by atoms with Crippen LogP contribution in [0.2, 0.25) is 0 Å². The molecule has 1 fully saturated rings. The average Bonchev–Trinajstić information content (AvgIpc) is 3.22. The second-order valence-corrected chi connectivity index (χ2v) is 5.75. The third kappa shape index (κ3) is 3.42. The molecule has 3 unspecified atom stereocenters. The summed E-state index contributed by atoms with van der Waals surface area (Å²) in [6.45, 7) is 2.24. The van der Waals surface area contributed by atoms with Gasteiger partial charge >= 0.3 is 0 Å². The highest BCUT2D eigenvalue weighted by Crippen LogP contribution is 2.36. The quantitative estimate of drug-likeness (QED) is 0.360. The zero-order valence-corrected chi connectivity index (χ0v) is 14.4. The van der Waals surface area contributed by atoms with Crippen molar-refractivity contribution in [3.63, 3.8) is 0 Å². The van der Waals surface area contributed by atoms with Crippen molar-refractivity contribution in [1.82, 2.24) is 14.5 Å². The highest BCUT2D eigenvalue weighted by molar-refractivity contribution is 5.92. The van der Waals surface area contributed by atoms with E-state index in [9.17, 15) is 0 Å². The van der Waals surface area contributed by atoms with Gasteiger partial charge in [-0.3, -0.25) is 0 Å². The van der Waals surface area contributed by atoms with Gasteiger partial charge in [-0.1, -0.05) is 23.9 Å². The monoisotopic (exact) mass is 356 g/mol. The number of fused-ring (bicyclic) bond motifs is 1. The third-order valence-electron chi connectivity index (χ3n) is 4.27. The second kappa shape index (κ2) is 8.03. The fourth-order valence-corrected chi connectivity index (χ4v) is 3.13. The van der Waals surface area contributed by atoms with E-state index in [1.807, 2.05) is 17.7 Å². The van der Waals surface area contributed by atoms with Gasteiger partial charge < -0.3 is 25.5 Å². The van der Waals surface area contributed by atoms with E-state index in [0.29, 0.717) is 28.8 Å². The van der Waals surface area contributed by atoms with E-state index >= 15 is 0 Å². The predicted octanol–water partition coefficient (Wildman–Crippen LogP) is 1.67. The first kappa shape index (κ1) is 18.0. The van der Waals surface area contributed by atoms with Crippen LogP contribution in [-0.4, -0.2) is 40.0 Å². The number of hydrogen-bond acceptors (Lipinski definition) is 7. The highest BCUT2D eigenvalue weighted by atomic mass is 16.6. The van der Waals surface area contributed by atoms with Crippen LogP contribution in [0.3, 0.4) is 0 Å². The number of rotatable bonds is 5. The standard InChI is InChI=1S/C16H20N8O2/c1-2-11-12(25-9-22-23-19)6-13(26-11)24-7-10(4-3-5-17)14-15(18)20-8-21-16(14)24/h7-8,11-13H,2,5-6,9,17H2,1H3,(H2,18,20,21). The number of nitrogens with two attached hydrogens (primary N) is 2. The van der Waals surface area contributed by atoms with Crippen LogP contribution in [0.5, 0.6) is 0 Å². The first-order valence-electron chi connectivity index (χ1n) is 8.27. The van der Waals surface area contributed by atoms with Crippen LogP contribution < -0.4 is 11.5 Å². The molecular weight excluding hydrogens is 336 g/mol. The minimum Gasteiger partial charge on any atom is -0.383 e. The van der Waals surface area contributed by atoms with E-state index < -0.39 is 0 Å². The van der Waals surface area contributed by atoms with Crippen molar-refractivity contribution >= 4 is 16.9 Å². The second-order valence-electron chi connectivity index (χ2n) is 5.75. The Morgan fingerprint density at radius 1 is 1.54 bits per heavy atom. The number of nitrogen functional groups attached to an aromatic ring is 1. The number of hydrogen-bond donors (Lipinski definition) is 2. The molecule has 2 aromatic heterocycles. The summed E-state index contributed by atoms with van der Waals surface area (Å²) >= 11 is 0. The van der Waals surface area contributed by atoms with Crippen LogP contribution in [0.1, 0.15) is 31.6 Å². The molecule has 136 valence electrons. The summed E-state index contributed by atoms with van der Waals surface area (Å²) in [5.41, 5.74) is 21.3. The SMILES string of the molecule is CCC1OC(n2cc(C#CCN)c3c(N)ncnc32)CC1OCN=[N+]=[N-]. The molecule has 2 aromatic rings. The largest absolute Gasteiger partial charge is 0.383 e. The molecule has 0 radical (unpaired) electrons. The van der Waals surface area contributed by atoms with Crippen molar-refractivity contribution in [3.05, 3.63) is 28.5 Å². The molecule has 1 aliphatic heterocycles. The molecule has 0 amide bonds. The Morgan fingerprint density at radius 3 is 3.12 bits per heavy atom. The lowest BCUT2D eigenvalue weighted by Crippen LogP contribution is -2.23. The van der Waals surface area contributed by atoms with E-state index in [-0.39, 0.29) is 31.7 Å². The summed E-state index contributed by atoms with van der Waals surface area (Å²) < 4.78 is 13.7. The van der Waals surface area contributed by atoms with Gasteiger partial charge in [0.15, 0.2) is 0 Å². The Morgan fingerprint density at radius 2 is 2.38 bits per heavy atom. The molecule has 3 atom stereocenters. The van der Waals surface area contributed by atoms with Gasteiger partial charge in [0.05, 0.1) is 29.7 Å². The number of azide groups is 1. The molecule has 0 saturated carbocycles. The lowest BCUT2D eigenvalue weighted by atomic mass is 10.1. The van der Waals surface area contributed by atoms with Crippen molar-refractivity contribution < 1.29 is 9.47 Å². The van der Waals surface area contributed by atoms with E-state index in [2.05, 4.69) is 31.8 Å². The van der Waals surface area contributed by atoms with Crippen LogP contribution in [-0.2, 0) is 9.47 Å². The van der Waals surface area contributed by atoms with Crippen LogP contribution in [0, 0.1) is 11.8 Å². The molecule has 0 bridgehead atoms. The zero-order chi connectivity index (χ0) is 18.5. The molecule has 1 saturated heterocycles. The zero-order valence-electron chi connectivity index (χ0n) is 14.4. The molecule has 3 rings (SSSR count). The Hall–Kier alpha value is -2.83. The Bertz CT molecular complexity index is 893. The highest BCUT2D eigenvalue weighted by Gasteiger charge is 2.36. The summed E-state index contributed by atoms with van der Waals surface area (Å²) in [4.78, 5) is 11.1. The predicted molar refractivity (Wildman–Crippen MR) is 95.6 cm³/mol. The van der Waals surface area contributed by atoms with Gasteiger partial charge in [-0.05, 0) is 12.0 Å². The van der Waals surface area contributed by atoms with Crippen molar-refractivity contribution in [2.45, 2.75) is 38.2 Å². The van der Waals surface area contributed by atoms with Gasteiger partial charge in [0.1, 0.15) is 30.8 Å². The van der Waals surface area contributed by atoms with Crippen molar-refractivity contribution in [2.24, 2.45) is 10.8 Å². The summed E-state index contributed by atoms with van der Waals surface area (Å²) in [6, 6.07) is 0. The fourth-order valence-electron chi connectivity index (χ4n) is 3.13. The van der Waals surface area contributed by atoms with Gasteiger partial charge in [0.2, 0.25) is 0 Å². The minimum atomic E-state index is -0.291. The summed E-state index contributed by atoms with van der Waals surface area (Å²) in [6.07, 6.45) is 4.06. The van der Waals surface area contributed by atoms with Gasteiger partial charge in [-0.25, -0.2) is 9.97 Å². The Kier molecular flexibility index (Phi) is 5.55. The summed E-state index contributed by atoms with van der Waals surface area (Å²) in [7, 11) is 0. The summed E-state index contributed by atoms with van der Waals surface area (Å²) in [5.74, 6) is 6.20. The van der Waals surface area contributed by atoms with Gasteiger partial charge in [0, 0.05) is 17.5 Å². The minimum absolute atomic E-state index is 0.0253. The van der Waals surface area contributed by atoms with Crippen LogP contribution in [0.4, 0.5) is 5.82 Å². The number of ether oxygens (including phenoxy) is 2. The number of anilines is 1. The maximum atomic E-state index is 8.41. The van der Waals surface area contributed by atoms with Gasteiger partial charge in [0.25, 0.3) is 0 Å². The molecule has 10 nitrogen and oxygen atoms in total. The Labute approximate surface area is 150 Å². The number of nitrogens with zero attached hydrogens (tertiary/aromatic N) is 6. The summed E-state index contributed by atoms with van der Waals surface area (Å²) in [5, 5.41) is 4.11. The van der Waals surface area contributed by atoms with Crippen LogP contribution in [0.25, 0.3) is 21.5 Å². The lowest BCUT2D eigenvalue weighted by Gasteiger charge is -2.16. The fraction of sp³-hybridized carbons (Fsp3) is 0.500. The molecule has 10 heteroatoms. The molecule has 3 heterocycles. The maximum Gasteiger partial charge on any atom is 0.148 e. The van der Waals surface area contributed by atoms with E-state index in [1.165, 1.54) is 6.33 Å².